The van der Waals surface area contributed by atoms with Crippen LogP contribution in [0.2, 0.25) is 0 Å². The van der Waals surface area contributed by atoms with Gasteiger partial charge in [-0.15, -0.1) is 11.3 Å². The van der Waals surface area contributed by atoms with Crippen LogP contribution in [-0.2, 0) is 4.79 Å². The van der Waals surface area contributed by atoms with Gasteiger partial charge in [0.05, 0.1) is 6.42 Å². The zero-order valence-corrected chi connectivity index (χ0v) is 13.1. The summed E-state index contributed by atoms with van der Waals surface area (Å²) in [4.78, 5) is 28.5. The molecule has 120 valence electrons. The first kappa shape index (κ1) is 15.3. The number of thiazole rings is 1. The van der Waals surface area contributed by atoms with E-state index in [4.69, 9.17) is 14.6 Å². The third kappa shape index (κ3) is 3.26. The fraction of sp³-hybridized carbons (Fsp3) is 0.267. The Bertz CT molecular complexity index is 758. The first-order valence-electron chi connectivity index (χ1n) is 6.87. The van der Waals surface area contributed by atoms with Crippen molar-refractivity contribution in [1.82, 2.24) is 9.88 Å². The van der Waals surface area contributed by atoms with Gasteiger partial charge in [0.1, 0.15) is 10.7 Å². The molecule has 0 bridgehead atoms. The Morgan fingerprint density at radius 2 is 2.13 bits per heavy atom. The molecule has 0 spiro atoms. The summed E-state index contributed by atoms with van der Waals surface area (Å²) in [5.74, 6) is 0.109. The summed E-state index contributed by atoms with van der Waals surface area (Å²) in [6.45, 7) is 0.347. The maximum atomic E-state index is 12.2. The first-order chi connectivity index (χ1) is 11.0. The Morgan fingerprint density at radius 1 is 1.35 bits per heavy atom. The zero-order valence-electron chi connectivity index (χ0n) is 12.3. The molecule has 0 radical (unpaired) electrons. The number of benzene rings is 1. The van der Waals surface area contributed by atoms with Gasteiger partial charge in [0.2, 0.25) is 6.79 Å². The van der Waals surface area contributed by atoms with Gasteiger partial charge in [0.15, 0.2) is 11.5 Å². The smallest absolute Gasteiger partial charge is 0.305 e. The minimum atomic E-state index is -0.941. The third-order valence-corrected chi connectivity index (χ3v) is 4.24. The molecule has 1 aliphatic rings. The van der Waals surface area contributed by atoms with Crippen molar-refractivity contribution in [2.75, 3.05) is 20.4 Å². The quantitative estimate of drug-likeness (QED) is 0.900. The van der Waals surface area contributed by atoms with Crippen LogP contribution in [0, 0.1) is 0 Å². The predicted octanol–water partition coefficient (Wildman–Crippen LogP) is 2.09. The van der Waals surface area contributed by atoms with E-state index >= 15 is 0 Å². The Hall–Kier alpha value is -2.61. The number of carbonyl (C=O) groups excluding carboxylic acids is 1. The molecule has 2 heterocycles. The average Bonchev–Trinajstić information content (AvgIpc) is 3.19. The Balaban J connectivity index is 1.75. The molecule has 0 aliphatic carbocycles. The number of ether oxygens (including phenoxy) is 2. The highest BCUT2D eigenvalue weighted by molar-refractivity contribution is 7.13. The second-order valence-electron chi connectivity index (χ2n) is 4.98. The summed E-state index contributed by atoms with van der Waals surface area (Å²) in [5.41, 5.74) is 1.14. The van der Waals surface area contributed by atoms with Crippen molar-refractivity contribution in [2.24, 2.45) is 0 Å². The summed E-state index contributed by atoms with van der Waals surface area (Å²) in [7, 11) is 1.56. The molecule has 8 heteroatoms. The molecule has 23 heavy (non-hydrogen) atoms. The van der Waals surface area contributed by atoms with Crippen LogP contribution in [0.5, 0.6) is 11.5 Å². The number of aliphatic carboxylic acids is 1. The molecule has 3 rings (SSSR count). The fourth-order valence-electron chi connectivity index (χ4n) is 2.09. The maximum Gasteiger partial charge on any atom is 0.305 e. The molecule has 0 fully saturated rings. The molecule has 1 amide bonds. The second-order valence-corrected chi connectivity index (χ2v) is 5.83. The first-order valence-corrected chi connectivity index (χ1v) is 7.75. The third-order valence-electron chi connectivity index (χ3n) is 3.35. The maximum absolute atomic E-state index is 12.2. The number of nitrogens with zero attached hydrogens (tertiary/aromatic N) is 2. The van der Waals surface area contributed by atoms with Gasteiger partial charge < -0.3 is 19.5 Å². The molecule has 7 nitrogen and oxygen atoms in total. The lowest BCUT2D eigenvalue weighted by Gasteiger charge is -2.14. The van der Waals surface area contributed by atoms with E-state index in [2.05, 4.69) is 4.98 Å². The molecule has 2 aromatic rings. The standard InChI is InChI=1S/C15H14N2O5S/c1-17(5-4-13(18)19)15(20)10-7-23-14(16-10)9-2-3-11-12(6-9)22-8-21-11/h2-3,6-7H,4-5,8H2,1H3,(H,18,19). The SMILES string of the molecule is CN(CCC(=O)O)C(=O)c1csc(-c2ccc3c(c2)OCO3)n1. The van der Waals surface area contributed by atoms with E-state index in [1.807, 2.05) is 12.1 Å². The molecule has 1 aromatic heterocycles. The van der Waals surface area contributed by atoms with E-state index in [1.54, 1.807) is 18.5 Å². The van der Waals surface area contributed by atoms with E-state index in [9.17, 15) is 9.59 Å². The van der Waals surface area contributed by atoms with E-state index in [0.29, 0.717) is 22.2 Å². The summed E-state index contributed by atoms with van der Waals surface area (Å²) < 4.78 is 10.6. The predicted molar refractivity (Wildman–Crippen MR) is 82.9 cm³/mol. The average molecular weight is 334 g/mol. The molecule has 0 saturated heterocycles. The van der Waals surface area contributed by atoms with E-state index in [1.165, 1.54) is 16.2 Å². The van der Waals surface area contributed by atoms with Crippen LogP contribution >= 0.6 is 11.3 Å². The molecule has 1 aliphatic heterocycles. The number of carboxylic acid groups (broad SMARTS) is 1. The number of aromatic nitrogens is 1. The number of carbonyl (C=O) groups is 2. The van der Waals surface area contributed by atoms with Crippen molar-refractivity contribution in [3.05, 3.63) is 29.3 Å². The Morgan fingerprint density at radius 3 is 2.91 bits per heavy atom. The highest BCUT2D eigenvalue weighted by Gasteiger charge is 2.19. The van der Waals surface area contributed by atoms with Crippen molar-refractivity contribution in [3.63, 3.8) is 0 Å². The molecule has 1 aromatic carbocycles. The Labute approximate surface area is 136 Å². The topological polar surface area (TPSA) is 89.0 Å². The number of carboxylic acids is 1. The summed E-state index contributed by atoms with van der Waals surface area (Å²) in [6.07, 6.45) is -0.0958. The number of amides is 1. The zero-order chi connectivity index (χ0) is 16.4. The monoisotopic (exact) mass is 334 g/mol. The van der Waals surface area contributed by atoms with E-state index in [0.717, 1.165) is 5.56 Å². The van der Waals surface area contributed by atoms with Gasteiger partial charge in [-0.3, -0.25) is 9.59 Å². The van der Waals surface area contributed by atoms with Crippen LogP contribution in [0.15, 0.2) is 23.6 Å². The number of fused-ring (bicyclic) bond motifs is 1. The van der Waals surface area contributed by atoms with Gasteiger partial charge in [0.25, 0.3) is 5.91 Å². The molecule has 0 unspecified atom stereocenters. The summed E-state index contributed by atoms with van der Waals surface area (Å²) in [5, 5.41) is 11.0. The van der Waals surface area contributed by atoms with Crippen LogP contribution in [-0.4, -0.2) is 47.3 Å². The van der Waals surface area contributed by atoms with E-state index < -0.39 is 5.97 Å². The normalized spacial score (nSPS) is 12.2. The van der Waals surface area contributed by atoms with Gasteiger partial charge in [0, 0.05) is 24.5 Å². The molecular formula is C15H14N2O5S. The largest absolute Gasteiger partial charge is 0.481 e. The van der Waals surface area contributed by atoms with Crippen LogP contribution in [0.4, 0.5) is 0 Å². The highest BCUT2D eigenvalue weighted by Crippen LogP contribution is 2.36. The van der Waals surface area contributed by atoms with Crippen molar-refractivity contribution >= 4 is 23.2 Å². The lowest BCUT2D eigenvalue weighted by atomic mass is 10.2. The van der Waals surface area contributed by atoms with Crippen LogP contribution in [0.3, 0.4) is 0 Å². The van der Waals surface area contributed by atoms with Crippen molar-refractivity contribution in [2.45, 2.75) is 6.42 Å². The van der Waals surface area contributed by atoms with E-state index in [-0.39, 0.29) is 25.7 Å². The summed E-state index contributed by atoms with van der Waals surface area (Å²) >= 11 is 1.35. The fourth-order valence-corrected chi connectivity index (χ4v) is 2.89. The minimum Gasteiger partial charge on any atom is -0.481 e. The lowest BCUT2D eigenvalue weighted by Crippen LogP contribution is -2.29. The molecule has 1 N–H and O–H groups in total. The van der Waals surface area contributed by atoms with Crippen LogP contribution in [0.1, 0.15) is 16.9 Å². The van der Waals surface area contributed by atoms with Crippen molar-refractivity contribution in [1.29, 1.82) is 0 Å². The van der Waals surface area contributed by atoms with Gasteiger partial charge in [-0.05, 0) is 18.2 Å². The van der Waals surface area contributed by atoms with Gasteiger partial charge in [-0.1, -0.05) is 0 Å². The second kappa shape index (κ2) is 6.25. The Kier molecular flexibility index (Phi) is 4.16. The lowest BCUT2D eigenvalue weighted by molar-refractivity contribution is -0.137. The molecular weight excluding hydrogens is 320 g/mol. The number of hydrogen-bond donors (Lipinski definition) is 1. The van der Waals surface area contributed by atoms with Gasteiger partial charge in [-0.25, -0.2) is 4.98 Å². The molecule has 0 saturated carbocycles. The van der Waals surface area contributed by atoms with Gasteiger partial charge >= 0.3 is 5.97 Å². The summed E-state index contributed by atoms with van der Waals surface area (Å²) in [6, 6.07) is 5.48. The van der Waals surface area contributed by atoms with Crippen LogP contribution < -0.4 is 9.47 Å². The molecule has 0 atom stereocenters. The van der Waals surface area contributed by atoms with Crippen LogP contribution in [0.25, 0.3) is 10.6 Å². The number of rotatable bonds is 5. The van der Waals surface area contributed by atoms with Crippen molar-refractivity contribution in [3.8, 4) is 22.1 Å². The van der Waals surface area contributed by atoms with Crippen molar-refractivity contribution < 1.29 is 24.2 Å². The number of hydrogen-bond acceptors (Lipinski definition) is 6. The van der Waals surface area contributed by atoms with Gasteiger partial charge in [-0.2, -0.15) is 0 Å². The minimum absolute atomic E-state index is 0.0958. The highest BCUT2D eigenvalue weighted by atomic mass is 32.1.